The summed E-state index contributed by atoms with van der Waals surface area (Å²) in [6, 6.07) is 16.9. The standard InChI is InChI=1S/C20H20N4O2S/c1-15(25)17-10-5-6-11-18(17)22-19(26)12-7-13-27-20-23-21-14-24(20)16-8-3-2-4-9-16/h2-6,8-11,14H,7,12-13H2,1H3,(H,22,26). The fourth-order valence-corrected chi connectivity index (χ4v) is 3.46. The summed E-state index contributed by atoms with van der Waals surface area (Å²) < 4.78 is 1.92. The van der Waals surface area contributed by atoms with E-state index in [1.165, 1.54) is 6.92 Å². The van der Waals surface area contributed by atoms with Gasteiger partial charge in [0.1, 0.15) is 6.33 Å². The predicted octanol–water partition coefficient (Wildman–Crippen LogP) is 3.98. The molecule has 1 aromatic heterocycles. The molecule has 2 aromatic carbocycles. The van der Waals surface area contributed by atoms with Gasteiger partial charge in [0.05, 0.1) is 5.69 Å². The lowest BCUT2D eigenvalue weighted by Crippen LogP contribution is -2.14. The number of thioether (sulfide) groups is 1. The molecular formula is C20H20N4O2S. The highest BCUT2D eigenvalue weighted by molar-refractivity contribution is 7.99. The number of carbonyl (C=O) groups is 2. The third-order valence-corrected chi connectivity index (χ3v) is 4.94. The zero-order valence-electron chi connectivity index (χ0n) is 15.0. The van der Waals surface area contributed by atoms with Crippen molar-refractivity contribution in [3.05, 3.63) is 66.5 Å². The number of nitrogens with one attached hydrogen (secondary N) is 1. The Kier molecular flexibility index (Phi) is 6.38. The Bertz CT molecular complexity index is 924. The lowest BCUT2D eigenvalue weighted by atomic mass is 10.1. The van der Waals surface area contributed by atoms with Crippen LogP contribution in [0.25, 0.3) is 5.69 Å². The molecule has 0 aliphatic heterocycles. The van der Waals surface area contributed by atoms with Crippen LogP contribution in [0.1, 0.15) is 30.1 Å². The largest absolute Gasteiger partial charge is 0.325 e. The molecule has 1 N–H and O–H groups in total. The van der Waals surface area contributed by atoms with E-state index in [1.54, 1.807) is 42.4 Å². The smallest absolute Gasteiger partial charge is 0.224 e. The average Bonchev–Trinajstić information content (AvgIpc) is 3.15. The van der Waals surface area contributed by atoms with E-state index in [4.69, 9.17) is 0 Å². The number of nitrogens with zero attached hydrogens (tertiary/aromatic N) is 3. The minimum Gasteiger partial charge on any atom is -0.325 e. The molecule has 1 amide bonds. The summed E-state index contributed by atoms with van der Waals surface area (Å²) in [7, 11) is 0. The first-order valence-electron chi connectivity index (χ1n) is 8.63. The van der Waals surface area contributed by atoms with E-state index >= 15 is 0 Å². The van der Waals surface area contributed by atoms with Crippen LogP contribution in [0.3, 0.4) is 0 Å². The summed E-state index contributed by atoms with van der Waals surface area (Å²) >= 11 is 1.56. The molecule has 0 spiro atoms. The molecule has 0 fully saturated rings. The van der Waals surface area contributed by atoms with Crippen LogP contribution in [-0.2, 0) is 4.79 Å². The van der Waals surface area contributed by atoms with Crippen molar-refractivity contribution in [1.82, 2.24) is 14.8 Å². The van der Waals surface area contributed by atoms with Crippen LogP contribution in [0.5, 0.6) is 0 Å². The zero-order valence-corrected chi connectivity index (χ0v) is 15.8. The Morgan fingerprint density at radius 2 is 1.81 bits per heavy atom. The van der Waals surface area contributed by atoms with Crippen molar-refractivity contribution in [2.75, 3.05) is 11.1 Å². The molecule has 0 aliphatic rings. The predicted molar refractivity (Wildman–Crippen MR) is 106 cm³/mol. The summed E-state index contributed by atoms with van der Waals surface area (Å²) in [5.41, 5.74) is 2.09. The second-order valence-corrected chi connectivity index (χ2v) is 6.98. The zero-order chi connectivity index (χ0) is 19.1. The third-order valence-electron chi connectivity index (χ3n) is 3.91. The number of carbonyl (C=O) groups excluding carboxylic acids is 2. The van der Waals surface area contributed by atoms with E-state index in [2.05, 4.69) is 15.5 Å². The molecule has 3 aromatic rings. The lowest BCUT2D eigenvalue weighted by Gasteiger charge is -2.09. The molecule has 7 heteroatoms. The van der Waals surface area contributed by atoms with Crippen molar-refractivity contribution >= 4 is 29.1 Å². The topological polar surface area (TPSA) is 76.9 Å². The van der Waals surface area contributed by atoms with E-state index in [-0.39, 0.29) is 11.7 Å². The molecule has 3 rings (SSSR count). The molecule has 6 nitrogen and oxygen atoms in total. The van der Waals surface area contributed by atoms with Crippen molar-refractivity contribution in [1.29, 1.82) is 0 Å². The fourth-order valence-electron chi connectivity index (χ4n) is 2.60. The molecule has 0 saturated heterocycles. The number of para-hydroxylation sites is 2. The van der Waals surface area contributed by atoms with Gasteiger partial charge in [-0.25, -0.2) is 0 Å². The van der Waals surface area contributed by atoms with E-state index in [0.717, 1.165) is 16.6 Å². The number of aromatic nitrogens is 3. The number of anilines is 1. The molecule has 0 aliphatic carbocycles. The van der Waals surface area contributed by atoms with Crippen LogP contribution >= 0.6 is 11.8 Å². The van der Waals surface area contributed by atoms with Gasteiger partial charge in [-0.3, -0.25) is 14.2 Å². The van der Waals surface area contributed by atoms with Gasteiger partial charge in [-0.2, -0.15) is 0 Å². The van der Waals surface area contributed by atoms with E-state index in [9.17, 15) is 9.59 Å². The summed E-state index contributed by atoms with van der Waals surface area (Å²) in [6.07, 6.45) is 2.75. The SMILES string of the molecule is CC(=O)c1ccccc1NC(=O)CCCSc1nncn1-c1ccccc1. The van der Waals surface area contributed by atoms with Gasteiger partial charge >= 0.3 is 0 Å². The Hall–Kier alpha value is -2.93. The summed E-state index contributed by atoms with van der Waals surface area (Å²) in [6.45, 7) is 1.49. The van der Waals surface area contributed by atoms with Gasteiger partial charge in [-0.1, -0.05) is 42.1 Å². The molecule has 1 heterocycles. The maximum atomic E-state index is 12.2. The number of rotatable bonds is 8. The van der Waals surface area contributed by atoms with Gasteiger partial charge in [0.25, 0.3) is 0 Å². The highest BCUT2D eigenvalue weighted by atomic mass is 32.2. The summed E-state index contributed by atoms with van der Waals surface area (Å²) in [4.78, 5) is 23.8. The van der Waals surface area contributed by atoms with E-state index < -0.39 is 0 Å². The first-order chi connectivity index (χ1) is 13.1. The second kappa shape index (κ2) is 9.14. The van der Waals surface area contributed by atoms with Crippen molar-refractivity contribution in [2.45, 2.75) is 24.9 Å². The molecule has 138 valence electrons. The van der Waals surface area contributed by atoms with Crippen LogP contribution in [-0.4, -0.2) is 32.2 Å². The van der Waals surface area contributed by atoms with Gasteiger partial charge < -0.3 is 5.32 Å². The highest BCUT2D eigenvalue weighted by Crippen LogP contribution is 2.21. The van der Waals surface area contributed by atoms with Gasteiger partial charge in [-0.15, -0.1) is 10.2 Å². The van der Waals surface area contributed by atoms with Crippen molar-refractivity contribution in [3.63, 3.8) is 0 Å². The van der Waals surface area contributed by atoms with E-state index in [1.807, 2.05) is 34.9 Å². The average molecular weight is 380 g/mol. The minimum atomic E-state index is -0.103. The van der Waals surface area contributed by atoms with Gasteiger partial charge in [0.15, 0.2) is 10.9 Å². The van der Waals surface area contributed by atoms with Gasteiger partial charge in [0, 0.05) is 23.4 Å². The van der Waals surface area contributed by atoms with Crippen LogP contribution in [0.15, 0.2) is 66.1 Å². The fraction of sp³-hybridized carbons (Fsp3) is 0.200. The molecule has 0 unspecified atom stereocenters. The van der Waals surface area contributed by atoms with Crippen LogP contribution in [0.4, 0.5) is 5.69 Å². The second-order valence-electron chi connectivity index (χ2n) is 5.92. The van der Waals surface area contributed by atoms with Gasteiger partial charge in [-0.05, 0) is 37.6 Å². The Morgan fingerprint density at radius 1 is 1.07 bits per heavy atom. The molecule has 0 radical (unpaired) electrons. The summed E-state index contributed by atoms with van der Waals surface area (Å²) in [5, 5.41) is 11.7. The van der Waals surface area contributed by atoms with Crippen LogP contribution < -0.4 is 5.32 Å². The number of hydrogen-bond acceptors (Lipinski definition) is 5. The normalized spacial score (nSPS) is 10.6. The third kappa shape index (κ3) is 5.04. The maximum absolute atomic E-state index is 12.2. The van der Waals surface area contributed by atoms with Gasteiger partial charge in [0.2, 0.25) is 5.91 Å². The van der Waals surface area contributed by atoms with Crippen molar-refractivity contribution in [3.8, 4) is 5.69 Å². The number of hydrogen-bond donors (Lipinski definition) is 1. The highest BCUT2D eigenvalue weighted by Gasteiger charge is 2.10. The maximum Gasteiger partial charge on any atom is 0.224 e. The molecule has 27 heavy (non-hydrogen) atoms. The molecule has 0 atom stereocenters. The number of ketones is 1. The molecular weight excluding hydrogens is 360 g/mol. The van der Waals surface area contributed by atoms with E-state index in [0.29, 0.717) is 24.1 Å². The van der Waals surface area contributed by atoms with Crippen LogP contribution in [0.2, 0.25) is 0 Å². The Labute approximate surface area is 162 Å². The van der Waals surface area contributed by atoms with Crippen molar-refractivity contribution < 1.29 is 9.59 Å². The number of Topliss-reactive ketones (excluding diaryl/α,β-unsaturated/α-hetero) is 1. The summed E-state index contributed by atoms with van der Waals surface area (Å²) in [5.74, 6) is 0.573. The quantitative estimate of drug-likeness (QED) is 0.363. The Balaban J connectivity index is 1.50. The first kappa shape index (κ1) is 18.8. The van der Waals surface area contributed by atoms with Crippen molar-refractivity contribution in [2.24, 2.45) is 0 Å². The first-order valence-corrected chi connectivity index (χ1v) is 9.62. The number of amides is 1. The monoisotopic (exact) mass is 380 g/mol. The molecule has 0 bridgehead atoms. The lowest BCUT2D eigenvalue weighted by molar-refractivity contribution is -0.116. The van der Waals surface area contributed by atoms with Crippen LogP contribution in [0, 0.1) is 0 Å². The number of benzene rings is 2. The minimum absolute atomic E-state index is 0.0679. The Morgan fingerprint density at radius 3 is 2.59 bits per heavy atom. The molecule has 0 saturated carbocycles.